The second-order valence-corrected chi connectivity index (χ2v) is 4.82. The first-order valence-corrected chi connectivity index (χ1v) is 5.20. The number of carbonyl (C=O) groups is 1. The van der Waals surface area contributed by atoms with Gasteiger partial charge in [-0.15, -0.1) is 0 Å². The highest BCUT2D eigenvalue weighted by molar-refractivity contribution is 5.74. The summed E-state index contributed by atoms with van der Waals surface area (Å²) in [6.07, 6.45) is 7.10. The molecule has 2 amide bonds. The number of hydrogen-bond donors (Lipinski definition) is 2. The van der Waals surface area contributed by atoms with Crippen LogP contribution in [0.4, 0.5) is 4.79 Å². The largest absolute Gasteiger partial charge is 0.350 e. The Labute approximate surface area is 83.9 Å². The van der Waals surface area contributed by atoms with Crippen LogP contribution in [-0.2, 0) is 0 Å². The summed E-state index contributed by atoms with van der Waals surface area (Å²) in [5, 5.41) is 3.89. The molecule has 0 aromatic rings. The molecule has 0 aromatic heterocycles. The number of carbonyl (C=O) groups excluding carboxylic acids is 1. The van der Waals surface area contributed by atoms with E-state index in [1.54, 1.807) is 0 Å². The molecule has 14 heavy (non-hydrogen) atoms. The van der Waals surface area contributed by atoms with Crippen molar-refractivity contribution in [3.8, 4) is 0 Å². The topological polar surface area (TPSA) is 67.5 Å². The third kappa shape index (κ3) is 1.61. The highest BCUT2D eigenvalue weighted by Crippen LogP contribution is 2.54. The lowest BCUT2D eigenvalue weighted by atomic mass is 9.76. The van der Waals surface area contributed by atoms with Crippen LogP contribution in [0.15, 0.2) is 5.10 Å². The second kappa shape index (κ2) is 3.26. The van der Waals surface area contributed by atoms with E-state index in [0.29, 0.717) is 0 Å². The fourth-order valence-electron chi connectivity index (χ4n) is 3.05. The molecule has 2 rings (SSSR count). The second-order valence-electron chi connectivity index (χ2n) is 4.82. The highest BCUT2D eigenvalue weighted by atomic mass is 16.2. The Bertz CT molecular complexity index is 277. The number of nitrogens with zero attached hydrogens (tertiary/aromatic N) is 1. The van der Waals surface area contributed by atoms with E-state index >= 15 is 0 Å². The average molecular weight is 195 g/mol. The van der Waals surface area contributed by atoms with E-state index in [4.69, 9.17) is 5.73 Å². The summed E-state index contributed by atoms with van der Waals surface area (Å²) in [6.45, 7) is 2.23. The van der Waals surface area contributed by atoms with Gasteiger partial charge in [0.15, 0.2) is 0 Å². The lowest BCUT2D eigenvalue weighted by Gasteiger charge is -2.29. The van der Waals surface area contributed by atoms with Crippen molar-refractivity contribution in [3.63, 3.8) is 0 Å². The van der Waals surface area contributed by atoms with E-state index < -0.39 is 6.03 Å². The molecule has 0 aromatic carbocycles. The molecule has 4 heteroatoms. The summed E-state index contributed by atoms with van der Waals surface area (Å²) < 4.78 is 0. The maximum absolute atomic E-state index is 10.4. The van der Waals surface area contributed by atoms with Crippen LogP contribution in [0, 0.1) is 17.3 Å². The molecular weight excluding hydrogens is 178 g/mol. The molecule has 4 nitrogen and oxygen atoms in total. The van der Waals surface area contributed by atoms with Gasteiger partial charge in [-0.05, 0) is 31.1 Å². The van der Waals surface area contributed by atoms with Gasteiger partial charge in [0.25, 0.3) is 0 Å². The number of fused-ring (bicyclic) bond motifs is 2. The number of rotatable bonds is 2. The Morgan fingerprint density at radius 3 is 2.93 bits per heavy atom. The third-order valence-electron chi connectivity index (χ3n) is 3.74. The monoisotopic (exact) mass is 195 g/mol. The minimum Gasteiger partial charge on any atom is -0.350 e. The molecule has 3 N–H and O–H groups in total. The van der Waals surface area contributed by atoms with Crippen LogP contribution in [0.2, 0.25) is 0 Å². The summed E-state index contributed by atoms with van der Waals surface area (Å²) in [5.74, 6) is 1.64. The van der Waals surface area contributed by atoms with Crippen LogP contribution >= 0.6 is 0 Å². The molecule has 2 aliphatic rings. The zero-order chi connectivity index (χ0) is 10.2. The van der Waals surface area contributed by atoms with E-state index in [9.17, 15) is 4.79 Å². The summed E-state index contributed by atoms with van der Waals surface area (Å²) in [4.78, 5) is 10.4. The molecule has 0 aliphatic heterocycles. The number of urea groups is 1. The standard InChI is InChI=1S/C10H17N3O/c1-10(6-12-13-9(11)14)5-7-2-3-8(10)4-7/h6-8H,2-5H2,1H3,(H3,11,13,14)/b12-6+/t7-,8+,10-/m0/s1. The van der Waals surface area contributed by atoms with Crippen molar-refractivity contribution in [2.45, 2.75) is 32.6 Å². The maximum atomic E-state index is 10.4. The lowest BCUT2D eigenvalue weighted by Crippen LogP contribution is -2.29. The molecule has 0 radical (unpaired) electrons. The Hall–Kier alpha value is -1.06. The fourth-order valence-corrected chi connectivity index (χ4v) is 3.05. The van der Waals surface area contributed by atoms with Crippen molar-refractivity contribution >= 4 is 12.2 Å². The third-order valence-corrected chi connectivity index (χ3v) is 3.74. The highest BCUT2D eigenvalue weighted by Gasteiger charge is 2.46. The predicted octanol–water partition coefficient (Wildman–Crippen LogP) is 1.47. The fraction of sp³-hybridized carbons (Fsp3) is 0.800. The van der Waals surface area contributed by atoms with Gasteiger partial charge in [0.1, 0.15) is 0 Å². The van der Waals surface area contributed by atoms with Gasteiger partial charge in [0.2, 0.25) is 0 Å². The van der Waals surface area contributed by atoms with Crippen LogP contribution in [0.3, 0.4) is 0 Å². The van der Waals surface area contributed by atoms with Gasteiger partial charge in [-0.3, -0.25) is 0 Å². The molecule has 2 bridgehead atoms. The van der Waals surface area contributed by atoms with Gasteiger partial charge >= 0.3 is 6.03 Å². The predicted molar refractivity (Wildman–Crippen MR) is 54.8 cm³/mol. The van der Waals surface area contributed by atoms with Gasteiger partial charge in [-0.25, -0.2) is 10.2 Å². The van der Waals surface area contributed by atoms with Gasteiger partial charge < -0.3 is 5.73 Å². The number of nitrogens with two attached hydrogens (primary N) is 1. The van der Waals surface area contributed by atoms with Gasteiger partial charge in [0.05, 0.1) is 0 Å². The first-order valence-electron chi connectivity index (χ1n) is 5.20. The Morgan fingerprint density at radius 2 is 2.43 bits per heavy atom. The molecule has 0 spiro atoms. The van der Waals surface area contributed by atoms with Gasteiger partial charge in [-0.2, -0.15) is 5.10 Å². The molecule has 2 fully saturated rings. The first kappa shape index (κ1) is 9.49. The molecule has 3 atom stereocenters. The Kier molecular flexibility index (Phi) is 2.21. The minimum absolute atomic E-state index is 0.186. The minimum atomic E-state index is -0.590. The lowest BCUT2D eigenvalue weighted by molar-refractivity contribution is 0.249. The molecular formula is C10H17N3O. The van der Waals surface area contributed by atoms with Crippen molar-refractivity contribution in [1.29, 1.82) is 0 Å². The van der Waals surface area contributed by atoms with Gasteiger partial charge in [0, 0.05) is 11.6 Å². The summed E-state index contributed by atoms with van der Waals surface area (Å²) in [7, 11) is 0. The molecule has 0 heterocycles. The van der Waals surface area contributed by atoms with Crippen LogP contribution in [-0.4, -0.2) is 12.2 Å². The molecule has 78 valence electrons. The van der Waals surface area contributed by atoms with Gasteiger partial charge in [-0.1, -0.05) is 13.3 Å². The average Bonchev–Trinajstić information content (AvgIpc) is 2.62. The quantitative estimate of drug-likeness (QED) is 0.508. The normalized spacial score (nSPS) is 40.6. The van der Waals surface area contributed by atoms with Crippen molar-refractivity contribution in [3.05, 3.63) is 0 Å². The zero-order valence-electron chi connectivity index (χ0n) is 8.49. The maximum Gasteiger partial charge on any atom is 0.332 e. The van der Waals surface area contributed by atoms with Crippen molar-refractivity contribution in [2.24, 2.45) is 28.1 Å². The van der Waals surface area contributed by atoms with Crippen molar-refractivity contribution in [2.75, 3.05) is 0 Å². The van der Waals surface area contributed by atoms with E-state index in [1.807, 2.05) is 6.21 Å². The van der Waals surface area contributed by atoms with Crippen molar-refractivity contribution < 1.29 is 4.79 Å². The SMILES string of the molecule is C[C@@]1(/C=N/NC(N)=O)C[C@H]2CC[C@@H]1C2. The Balaban J connectivity index is 1.97. The van der Waals surface area contributed by atoms with Crippen LogP contribution in [0.1, 0.15) is 32.6 Å². The molecule has 0 unspecified atom stereocenters. The van der Waals surface area contributed by atoms with Crippen LogP contribution in [0.25, 0.3) is 0 Å². The van der Waals surface area contributed by atoms with E-state index in [-0.39, 0.29) is 5.41 Å². The first-order chi connectivity index (χ1) is 6.60. The van der Waals surface area contributed by atoms with Crippen molar-refractivity contribution in [1.82, 2.24) is 5.43 Å². The number of hydrogen-bond acceptors (Lipinski definition) is 2. The number of hydrazone groups is 1. The molecule has 2 saturated carbocycles. The van der Waals surface area contributed by atoms with Crippen LogP contribution in [0.5, 0.6) is 0 Å². The summed E-state index contributed by atoms with van der Waals surface area (Å²) in [5.41, 5.74) is 7.38. The van der Waals surface area contributed by atoms with Crippen LogP contribution < -0.4 is 11.2 Å². The number of nitrogens with one attached hydrogen (secondary N) is 1. The smallest absolute Gasteiger partial charge is 0.332 e. The Morgan fingerprint density at radius 1 is 1.64 bits per heavy atom. The summed E-state index contributed by atoms with van der Waals surface area (Å²) >= 11 is 0. The van der Waals surface area contributed by atoms with E-state index in [2.05, 4.69) is 17.5 Å². The number of primary amides is 1. The molecule has 0 saturated heterocycles. The van der Waals surface area contributed by atoms with E-state index in [0.717, 1.165) is 11.8 Å². The number of amides is 2. The molecule has 2 aliphatic carbocycles. The van der Waals surface area contributed by atoms with E-state index in [1.165, 1.54) is 25.7 Å². The zero-order valence-corrected chi connectivity index (χ0v) is 8.49. The summed E-state index contributed by atoms with van der Waals surface area (Å²) in [6, 6.07) is -0.590.